The highest BCUT2D eigenvalue weighted by atomic mass is 79.9. The molecule has 5 heteroatoms. The molecule has 2 atom stereocenters. The molecule has 104 valence electrons. The number of hydrogen-bond acceptors (Lipinski definition) is 3. The summed E-state index contributed by atoms with van der Waals surface area (Å²) in [5, 5.41) is 10.7. The standard InChI is InChI=1S/C15H12BrClO3/c16-13(14(18)10-6-8-11(17)9-7-10)15(19)20-12-4-2-1-3-5-12/h1-9,13-14,18H. The van der Waals surface area contributed by atoms with E-state index in [1.54, 1.807) is 48.5 Å². The minimum absolute atomic E-state index is 0.435. The van der Waals surface area contributed by atoms with Gasteiger partial charge in [-0.2, -0.15) is 0 Å². The Balaban J connectivity index is 2.04. The number of alkyl halides is 1. The van der Waals surface area contributed by atoms with Crippen LogP contribution in [0.25, 0.3) is 0 Å². The molecule has 0 saturated heterocycles. The molecular formula is C15H12BrClO3. The molecule has 2 unspecified atom stereocenters. The summed E-state index contributed by atoms with van der Waals surface area (Å²) in [4.78, 5) is 11.1. The lowest BCUT2D eigenvalue weighted by molar-refractivity contribution is -0.135. The third kappa shape index (κ3) is 3.82. The quantitative estimate of drug-likeness (QED) is 0.516. The van der Waals surface area contributed by atoms with Gasteiger partial charge in [0, 0.05) is 5.02 Å². The maximum Gasteiger partial charge on any atom is 0.328 e. The predicted octanol–water partition coefficient (Wildman–Crippen LogP) is 3.74. The van der Waals surface area contributed by atoms with Crippen molar-refractivity contribution in [1.82, 2.24) is 0 Å². The molecule has 2 aromatic carbocycles. The lowest BCUT2D eigenvalue weighted by Crippen LogP contribution is -2.26. The number of ether oxygens (including phenoxy) is 1. The van der Waals surface area contributed by atoms with Crippen molar-refractivity contribution in [3.63, 3.8) is 0 Å². The van der Waals surface area contributed by atoms with Gasteiger partial charge in [0.15, 0.2) is 0 Å². The van der Waals surface area contributed by atoms with Crippen LogP contribution in [0.15, 0.2) is 54.6 Å². The smallest absolute Gasteiger partial charge is 0.328 e. The van der Waals surface area contributed by atoms with Crippen LogP contribution in [0.2, 0.25) is 5.02 Å². The summed E-state index contributed by atoms with van der Waals surface area (Å²) >= 11 is 8.94. The molecule has 3 nitrogen and oxygen atoms in total. The van der Waals surface area contributed by atoms with Crippen molar-refractivity contribution < 1.29 is 14.6 Å². The van der Waals surface area contributed by atoms with E-state index in [0.717, 1.165) is 0 Å². The van der Waals surface area contributed by atoms with Crippen LogP contribution in [0.1, 0.15) is 11.7 Å². The normalized spacial score (nSPS) is 13.6. The first-order chi connectivity index (χ1) is 9.58. The molecule has 0 bridgehead atoms. The van der Waals surface area contributed by atoms with Crippen molar-refractivity contribution in [1.29, 1.82) is 0 Å². The summed E-state index contributed by atoms with van der Waals surface area (Å²) in [5.41, 5.74) is 0.585. The Labute approximate surface area is 130 Å². The van der Waals surface area contributed by atoms with Gasteiger partial charge in [-0.25, -0.2) is 0 Å². The van der Waals surface area contributed by atoms with E-state index in [1.807, 2.05) is 6.07 Å². The van der Waals surface area contributed by atoms with E-state index < -0.39 is 16.9 Å². The summed E-state index contributed by atoms with van der Waals surface area (Å²) in [6.07, 6.45) is -1.01. The number of rotatable bonds is 4. The minimum atomic E-state index is -1.01. The third-order valence-corrected chi connectivity index (χ3v) is 3.80. The number of esters is 1. The van der Waals surface area contributed by atoms with Crippen molar-refractivity contribution in [2.24, 2.45) is 0 Å². The van der Waals surface area contributed by atoms with Gasteiger partial charge in [-0.1, -0.05) is 57.9 Å². The molecule has 2 aromatic rings. The number of benzene rings is 2. The van der Waals surface area contributed by atoms with Gasteiger partial charge in [0.1, 0.15) is 16.7 Å². The zero-order valence-electron chi connectivity index (χ0n) is 10.4. The highest BCUT2D eigenvalue weighted by molar-refractivity contribution is 9.10. The summed E-state index contributed by atoms with van der Waals surface area (Å²) in [6.45, 7) is 0. The van der Waals surface area contributed by atoms with Crippen LogP contribution in [-0.2, 0) is 4.79 Å². The molecule has 0 radical (unpaired) electrons. The van der Waals surface area contributed by atoms with Gasteiger partial charge in [-0.15, -0.1) is 0 Å². The average Bonchev–Trinajstić information content (AvgIpc) is 2.47. The van der Waals surface area contributed by atoms with E-state index >= 15 is 0 Å². The van der Waals surface area contributed by atoms with Crippen LogP contribution < -0.4 is 4.74 Å². The van der Waals surface area contributed by atoms with Gasteiger partial charge < -0.3 is 9.84 Å². The fraction of sp³-hybridized carbons (Fsp3) is 0.133. The van der Waals surface area contributed by atoms with Crippen molar-refractivity contribution in [3.8, 4) is 5.75 Å². The van der Waals surface area contributed by atoms with Crippen LogP contribution >= 0.6 is 27.5 Å². The lowest BCUT2D eigenvalue weighted by atomic mass is 10.1. The van der Waals surface area contributed by atoms with Gasteiger partial charge in [-0.3, -0.25) is 4.79 Å². The Bertz CT molecular complexity index is 571. The largest absolute Gasteiger partial charge is 0.426 e. The van der Waals surface area contributed by atoms with Gasteiger partial charge in [0.05, 0.1) is 0 Å². The van der Waals surface area contributed by atoms with Gasteiger partial charge in [0.2, 0.25) is 0 Å². The first kappa shape index (κ1) is 15.0. The molecule has 20 heavy (non-hydrogen) atoms. The van der Waals surface area contributed by atoms with E-state index in [0.29, 0.717) is 16.3 Å². The number of aliphatic hydroxyl groups excluding tert-OH is 1. The molecule has 0 heterocycles. The second-order valence-electron chi connectivity index (χ2n) is 4.13. The number of carbonyl (C=O) groups is 1. The third-order valence-electron chi connectivity index (χ3n) is 2.68. The Kier molecular flexibility index (Phi) is 5.17. The topological polar surface area (TPSA) is 46.5 Å². The van der Waals surface area contributed by atoms with Gasteiger partial charge >= 0.3 is 5.97 Å². The van der Waals surface area contributed by atoms with Crippen LogP contribution in [-0.4, -0.2) is 15.9 Å². The number of para-hydroxylation sites is 1. The number of halogens is 2. The predicted molar refractivity (Wildman–Crippen MR) is 81.2 cm³/mol. The maximum atomic E-state index is 11.9. The maximum absolute atomic E-state index is 11.9. The number of aliphatic hydroxyl groups is 1. The fourth-order valence-electron chi connectivity index (χ4n) is 1.62. The van der Waals surface area contributed by atoms with E-state index in [1.165, 1.54) is 0 Å². The van der Waals surface area contributed by atoms with E-state index in [9.17, 15) is 9.90 Å². The molecule has 0 aliphatic heterocycles. The van der Waals surface area contributed by atoms with Crippen molar-refractivity contribution in [2.45, 2.75) is 10.9 Å². The van der Waals surface area contributed by atoms with Gasteiger partial charge in [0.25, 0.3) is 0 Å². The lowest BCUT2D eigenvalue weighted by Gasteiger charge is -2.16. The van der Waals surface area contributed by atoms with Crippen LogP contribution in [0, 0.1) is 0 Å². The van der Waals surface area contributed by atoms with Crippen LogP contribution in [0.3, 0.4) is 0 Å². The summed E-state index contributed by atoms with van der Waals surface area (Å²) in [6, 6.07) is 15.3. The van der Waals surface area contributed by atoms with Crippen LogP contribution in [0.5, 0.6) is 5.75 Å². The molecule has 0 amide bonds. The molecule has 0 fully saturated rings. The SMILES string of the molecule is O=C(Oc1ccccc1)C(Br)C(O)c1ccc(Cl)cc1. The summed E-state index contributed by atoms with van der Waals surface area (Å²) in [5.74, 6) is -0.121. The minimum Gasteiger partial charge on any atom is -0.426 e. The summed E-state index contributed by atoms with van der Waals surface area (Å²) in [7, 11) is 0. The first-order valence-corrected chi connectivity index (χ1v) is 7.21. The molecule has 0 spiro atoms. The summed E-state index contributed by atoms with van der Waals surface area (Å²) < 4.78 is 5.17. The molecule has 0 saturated carbocycles. The highest BCUT2D eigenvalue weighted by Gasteiger charge is 2.27. The highest BCUT2D eigenvalue weighted by Crippen LogP contribution is 2.25. The molecular weight excluding hydrogens is 344 g/mol. The molecule has 0 aliphatic rings. The second-order valence-corrected chi connectivity index (χ2v) is 5.56. The monoisotopic (exact) mass is 354 g/mol. The first-order valence-electron chi connectivity index (χ1n) is 5.92. The van der Waals surface area contributed by atoms with E-state index in [4.69, 9.17) is 16.3 Å². The van der Waals surface area contributed by atoms with E-state index in [2.05, 4.69) is 15.9 Å². The Hall–Kier alpha value is -1.36. The van der Waals surface area contributed by atoms with Crippen molar-refractivity contribution >= 4 is 33.5 Å². The number of carbonyl (C=O) groups excluding carboxylic acids is 1. The zero-order valence-corrected chi connectivity index (χ0v) is 12.7. The van der Waals surface area contributed by atoms with Crippen molar-refractivity contribution in [2.75, 3.05) is 0 Å². The molecule has 2 rings (SSSR count). The molecule has 0 aromatic heterocycles. The Morgan fingerprint density at radius 2 is 1.70 bits per heavy atom. The second kappa shape index (κ2) is 6.88. The Morgan fingerprint density at radius 3 is 2.30 bits per heavy atom. The van der Waals surface area contributed by atoms with E-state index in [-0.39, 0.29) is 0 Å². The van der Waals surface area contributed by atoms with Gasteiger partial charge in [-0.05, 0) is 29.8 Å². The number of hydrogen-bond donors (Lipinski definition) is 1. The van der Waals surface area contributed by atoms with Crippen LogP contribution in [0.4, 0.5) is 0 Å². The fourth-order valence-corrected chi connectivity index (χ4v) is 2.14. The Morgan fingerprint density at radius 1 is 1.10 bits per heavy atom. The zero-order chi connectivity index (χ0) is 14.5. The van der Waals surface area contributed by atoms with Crippen molar-refractivity contribution in [3.05, 3.63) is 65.2 Å². The average molecular weight is 356 g/mol. The molecule has 0 aliphatic carbocycles. The molecule has 1 N–H and O–H groups in total.